The molecule has 1 N–H and O–H groups in total. The Hall–Kier alpha value is -1.10. The fraction of sp³-hybridized carbons (Fsp3) is 0.882. The van der Waals surface area contributed by atoms with Gasteiger partial charge in [0.05, 0.1) is 0 Å². The number of rotatable bonds is 6. The highest BCUT2D eigenvalue weighted by Crippen LogP contribution is 2.12. The highest BCUT2D eigenvalue weighted by molar-refractivity contribution is 5.81. The number of nitrogens with zero attached hydrogens (tertiary/aromatic N) is 2. The van der Waals surface area contributed by atoms with E-state index in [0.717, 1.165) is 32.7 Å². The van der Waals surface area contributed by atoms with Crippen molar-refractivity contribution in [2.75, 3.05) is 39.3 Å². The molecule has 0 unspecified atom stereocenters. The minimum absolute atomic E-state index is 0.0437. The van der Waals surface area contributed by atoms with E-state index in [2.05, 4.69) is 24.1 Å². The van der Waals surface area contributed by atoms with Crippen LogP contribution in [0.5, 0.6) is 0 Å². The van der Waals surface area contributed by atoms with Crippen LogP contribution in [0, 0.1) is 11.3 Å². The van der Waals surface area contributed by atoms with E-state index in [1.54, 1.807) is 0 Å². The molecule has 1 saturated heterocycles. The summed E-state index contributed by atoms with van der Waals surface area (Å²) in [6.45, 7) is 15.4. The molecule has 22 heavy (non-hydrogen) atoms. The Labute approximate surface area is 135 Å². The summed E-state index contributed by atoms with van der Waals surface area (Å²) in [5, 5.41) is 2.89. The van der Waals surface area contributed by atoms with Crippen LogP contribution in [0.1, 0.15) is 47.5 Å². The van der Waals surface area contributed by atoms with Gasteiger partial charge in [-0.25, -0.2) is 0 Å². The second-order valence-electron chi connectivity index (χ2n) is 7.68. The maximum Gasteiger partial charge on any atom is 0.225 e. The molecule has 0 aromatic rings. The van der Waals surface area contributed by atoms with E-state index in [9.17, 15) is 9.59 Å². The van der Waals surface area contributed by atoms with Gasteiger partial charge >= 0.3 is 0 Å². The van der Waals surface area contributed by atoms with Gasteiger partial charge in [0.15, 0.2) is 0 Å². The minimum atomic E-state index is -0.364. The Morgan fingerprint density at radius 1 is 1.09 bits per heavy atom. The Morgan fingerprint density at radius 3 is 2.18 bits per heavy atom. The summed E-state index contributed by atoms with van der Waals surface area (Å²) in [5.74, 6) is 0.935. The summed E-state index contributed by atoms with van der Waals surface area (Å²) in [4.78, 5) is 28.3. The number of carbonyl (C=O) groups excluding carboxylic acids is 2. The summed E-state index contributed by atoms with van der Waals surface area (Å²) in [6, 6.07) is 0. The molecule has 5 nitrogen and oxygen atoms in total. The van der Waals surface area contributed by atoms with Crippen LogP contribution in [0.2, 0.25) is 0 Å². The molecule has 5 heteroatoms. The predicted molar refractivity (Wildman–Crippen MR) is 89.6 cm³/mol. The molecule has 2 amide bonds. The van der Waals surface area contributed by atoms with Crippen LogP contribution < -0.4 is 5.32 Å². The van der Waals surface area contributed by atoms with Gasteiger partial charge in [-0.1, -0.05) is 34.6 Å². The molecule has 0 atom stereocenters. The van der Waals surface area contributed by atoms with Crippen molar-refractivity contribution >= 4 is 11.8 Å². The number of hydrogen-bond acceptors (Lipinski definition) is 3. The van der Waals surface area contributed by atoms with E-state index in [1.807, 2.05) is 25.7 Å². The first-order valence-corrected chi connectivity index (χ1v) is 8.48. The van der Waals surface area contributed by atoms with Gasteiger partial charge in [-0.15, -0.1) is 0 Å². The molecule has 1 heterocycles. The monoisotopic (exact) mass is 311 g/mol. The Kier molecular flexibility index (Phi) is 7.33. The predicted octanol–water partition coefficient (Wildman–Crippen LogP) is 1.73. The lowest BCUT2D eigenvalue weighted by molar-refractivity contribution is -0.133. The molecule has 0 radical (unpaired) electrons. The van der Waals surface area contributed by atoms with Gasteiger partial charge in [-0.05, 0) is 12.3 Å². The first-order valence-electron chi connectivity index (χ1n) is 8.48. The highest BCUT2D eigenvalue weighted by atomic mass is 16.2. The maximum atomic E-state index is 12.2. The average Bonchev–Trinajstić information content (AvgIpc) is 2.42. The van der Waals surface area contributed by atoms with E-state index in [1.165, 1.54) is 0 Å². The summed E-state index contributed by atoms with van der Waals surface area (Å²) in [5.41, 5.74) is -0.364. The normalized spacial score (nSPS) is 16.9. The SMILES string of the molecule is CC(C)CN1CCN(C(=O)CCCNC(=O)C(C)(C)C)CC1. The van der Waals surface area contributed by atoms with Crippen LogP contribution in [0.25, 0.3) is 0 Å². The number of piperazine rings is 1. The van der Waals surface area contributed by atoms with E-state index >= 15 is 0 Å². The molecular weight excluding hydrogens is 278 g/mol. The number of carbonyl (C=O) groups is 2. The maximum absolute atomic E-state index is 12.2. The Morgan fingerprint density at radius 2 is 1.68 bits per heavy atom. The van der Waals surface area contributed by atoms with E-state index in [0.29, 0.717) is 25.3 Å². The highest BCUT2D eigenvalue weighted by Gasteiger charge is 2.22. The Bertz CT molecular complexity index is 367. The van der Waals surface area contributed by atoms with Gasteiger partial charge in [0, 0.05) is 51.1 Å². The summed E-state index contributed by atoms with van der Waals surface area (Å²) in [7, 11) is 0. The van der Waals surface area contributed by atoms with Crippen molar-refractivity contribution in [1.82, 2.24) is 15.1 Å². The molecular formula is C17H33N3O2. The lowest BCUT2D eigenvalue weighted by Crippen LogP contribution is -2.49. The largest absolute Gasteiger partial charge is 0.356 e. The third-order valence-corrected chi connectivity index (χ3v) is 3.88. The van der Waals surface area contributed by atoms with E-state index in [-0.39, 0.29) is 17.2 Å². The van der Waals surface area contributed by atoms with Crippen molar-refractivity contribution in [1.29, 1.82) is 0 Å². The molecule has 0 aliphatic carbocycles. The van der Waals surface area contributed by atoms with Gasteiger partial charge in [0.2, 0.25) is 11.8 Å². The molecule has 0 aromatic carbocycles. The standard InChI is InChI=1S/C17H33N3O2/c1-14(2)13-19-9-11-20(12-10-19)15(21)7-6-8-18-16(22)17(3,4)5/h14H,6-13H2,1-5H3,(H,18,22). The van der Waals surface area contributed by atoms with Crippen molar-refractivity contribution in [3.05, 3.63) is 0 Å². The van der Waals surface area contributed by atoms with Gasteiger partial charge in [0.25, 0.3) is 0 Å². The quantitative estimate of drug-likeness (QED) is 0.760. The van der Waals surface area contributed by atoms with E-state index in [4.69, 9.17) is 0 Å². The van der Waals surface area contributed by atoms with Crippen LogP contribution in [0.4, 0.5) is 0 Å². The second-order valence-corrected chi connectivity index (χ2v) is 7.68. The van der Waals surface area contributed by atoms with Crippen molar-refractivity contribution in [3.63, 3.8) is 0 Å². The lowest BCUT2D eigenvalue weighted by atomic mass is 9.96. The second kappa shape index (κ2) is 8.51. The van der Waals surface area contributed by atoms with Crippen molar-refractivity contribution in [2.45, 2.75) is 47.5 Å². The van der Waals surface area contributed by atoms with Crippen LogP contribution in [0.15, 0.2) is 0 Å². The summed E-state index contributed by atoms with van der Waals surface area (Å²) in [6.07, 6.45) is 1.24. The van der Waals surface area contributed by atoms with Crippen LogP contribution in [0.3, 0.4) is 0 Å². The van der Waals surface area contributed by atoms with Crippen LogP contribution in [-0.2, 0) is 9.59 Å². The number of amides is 2. The zero-order valence-corrected chi connectivity index (χ0v) is 14.9. The molecule has 0 spiro atoms. The van der Waals surface area contributed by atoms with Crippen molar-refractivity contribution in [2.24, 2.45) is 11.3 Å². The molecule has 0 bridgehead atoms. The number of nitrogens with one attached hydrogen (secondary N) is 1. The fourth-order valence-corrected chi connectivity index (χ4v) is 2.56. The van der Waals surface area contributed by atoms with Crippen LogP contribution in [-0.4, -0.2) is 60.9 Å². The molecule has 128 valence electrons. The van der Waals surface area contributed by atoms with Gasteiger partial charge in [0.1, 0.15) is 0 Å². The smallest absolute Gasteiger partial charge is 0.225 e. The molecule has 0 saturated carbocycles. The summed E-state index contributed by atoms with van der Waals surface area (Å²) < 4.78 is 0. The third-order valence-electron chi connectivity index (χ3n) is 3.88. The van der Waals surface area contributed by atoms with Crippen molar-refractivity contribution in [3.8, 4) is 0 Å². The van der Waals surface area contributed by atoms with Crippen molar-refractivity contribution < 1.29 is 9.59 Å². The lowest BCUT2D eigenvalue weighted by Gasteiger charge is -2.35. The average molecular weight is 311 g/mol. The minimum Gasteiger partial charge on any atom is -0.356 e. The van der Waals surface area contributed by atoms with E-state index < -0.39 is 0 Å². The first-order chi connectivity index (χ1) is 10.2. The first kappa shape index (κ1) is 18.9. The zero-order valence-electron chi connectivity index (χ0n) is 14.9. The van der Waals surface area contributed by atoms with Gasteiger partial charge < -0.3 is 10.2 Å². The van der Waals surface area contributed by atoms with Gasteiger partial charge in [-0.3, -0.25) is 14.5 Å². The fourth-order valence-electron chi connectivity index (χ4n) is 2.56. The van der Waals surface area contributed by atoms with Gasteiger partial charge in [-0.2, -0.15) is 0 Å². The molecule has 0 aromatic heterocycles. The zero-order chi connectivity index (χ0) is 16.8. The Balaban J connectivity index is 2.18. The molecule has 1 aliphatic rings. The molecule has 1 rings (SSSR count). The molecule has 1 aliphatic heterocycles. The molecule has 1 fully saturated rings. The number of hydrogen-bond donors (Lipinski definition) is 1. The summed E-state index contributed by atoms with van der Waals surface area (Å²) >= 11 is 0. The van der Waals surface area contributed by atoms with Crippen LogP contribution >= 0.6 is 0 Å². The topological polar surface area (TPSA) is 52.6 Å². The third kappa shape index (κ3) is 6.77.